The van der Waals surface area contributed by atoms with Crippen LogP contribution >= 0.6 is 15.9 Å². The van der Waals surface area contributed by atoms with E-state index in [1.54, 1.807) is 18.3 Å². The fraction of sp³-hybridized carbons (Fsp3) is 0.286. The van der Waals surface area contributed by atoms with Gasteiger partial charge in [-0.1, -0.05) is 15.9 Å². The third-order valence-corrected chi connectivity index (χ3v) is 3.32. The summed E-state index contributed by atoms with van der Waals surface area (Å²) in [5, 5.41) is 0. The number of carbonyl (C=O) groups is 1. The molecule has 0 saturated heterocycles. The number of imidazole rings is 1. The van der Waals surface area contributed by atoms with Crippen molar-refractivity contribution in [3.63, 3.8) is 0 Å². The molecule has 1 heterocycles. The third kappa shape index (κ3) is 3.23. The molecule has 0 unspecified atom stereocenters. The molecule has 100 valence electrons. The van der Waals surface area contributed by atoms with Gasteiger partial charge in [-0.15, -0.1) is 0 Å². The summed E-state index contributed by atoms with van der Waals surface area (Å²) in [4.78, 5) is 15.8. The van der Waals surface area contributed by atoms with Gasteiger partial charge in [0.15, 0.2) is 5.78 Å². The predicted molar refractivity (Wildman–Crippen MR) is 76.4 cm³/mol. The first-order chi connectivity index (χ1) is 9.11. The van der Waals surface area contributed by atoms with Crippen molar-refractivity contribution in [2.45, 2.75) is 27.0 Å². The number of ketones is 1. The van der Waals surface area contributed by atoms with E-state index in [9.17, 15) is 4.79 Å². The van der Waals surface area contributed by atoms with E-state index in [2.05, 4.69) is 20.9 Å². The van der Waals surface area contributed by atoms with E-state index in [4.69, 9.17) is 4.74 Å². The fourth-order valence-corrected chi connectivity index (χ4v) is 2.16. The van der Waals surface area contributed by atoms with Crippen LogP contribution in [0.2, 0.25) is 0 Å². The second-order valence-electron chi connectivity index (χ2n) is 4.11. The number of aryl methyl sites for hydroxylation is 1. The summed E-state index contributed by atoms with van der Waals surface area (Å²) < 4.78 is 8.62. The smallest absolute Gasteiger partial charge is 0.163 e. The number of aromatic nitrogens is 2. The van der Waals surface area contributed by atoms with Crippen LogP contribution in [0, 0.1) is 0 Å². The Kier molecular flexibility index (Phi) is 4.37. The predicted octanol–water partition coefficient (Wildman–Crippen LogP) is 3.45. The molecule has 0 N–H and O–H groups in total. The van der Waals surface area contributed by atoms with E-state index in [0.717, 1.165) is 16.8 Å². The van der Waals surface area contributed by atoms with Crippen LogP contribution in [-0.2, 0) is 13.2 Å². The van der Waals surface area contributed by atoms with Crippen molar-refractivity contribution >= 4 is 21.7 Å². The Morgan fingerprint density at radius 1 is 1.47 bits per heavy atom. The molecule has 0 bridgehead atoms. The first-order valence-electron chi connectivity index (χ1n) is 6.05. The van der Waals surface area contributed by atoms with Crippen LogP contribution in [0.3, 0.4) is 0 Å². The van der Waals surface area contributed by atoms with Gasteiger partial charge in [-0.05, 0) is 32.0 Å². The highest BCUT2D eigenvalue weighted by atomic mass is 79.9. The van der Waals surface area contributed by atoms with Crippen LogP contribution < -0.4 is 4.74 Å². The van der Waals surface area contributed by atoms with Gasteiger partial charge in [0.2, 0.25) is 0 Å². The first kappa shape index (κ1) is 13.8. The van der Waals surface area contributed by atoms with E-state index in [0.29, 0.717) is 17.9 Å². The van der Waals surface area contributed by atoms with E-state index >= 15 is 0 Å². The average Bonchev–Trinajstić information content (AvgIpc) is 2.83. The van der Waals surface area contributed by atoms with E-state index in [1.165, 1.54) is 6.92 Å². The molecule has 0 atom stereocenters. The number of carbonyl (C=O) groups excluding carboxylic acids is 1. The summed E-state index contributed by atoms with van der Waals surface area (Å²) in [6.45, 7) is 4.77. The molecule has 0 aliphatic rings. The van der Waals surface area contributed by atoms with Crippen LogP contribution in [-0.4, -0.2) is 15.3 Å². The number of Topliss-reactive ketones (excluding diaryl/α,β-unsaturated/α-hetero) is 1. The maximum absolute atomic E-state index is 11.5. The summed E-state index contributed by atoms with van der Waals surface area (Å²) >= 11 is 3.38. The zero-order valence-corrected chi connectivity index (χ0v) is 12.5. The molecular formula is C14H15BrN2O2. The molecule has 0 saturated carbocycles. The van der Waals surface area contributed by atoms with Crippen LogP contribution in [0.15, 0.2) is 35.1 Å². The Morgan fingerprint density at radius 2 is 2.26 bits per heavy atom. The van der Waals surface area contributed by atoms with Crippen LogP contribution in [0.4, 0.5) is 0 Å². The molecule has 19 heavy (non-hydrogen) atoms. The highest BCUT2D eigenvalue weighted by molar-refractivity contribution is 9.10. The Morgan fingerprint density at radius 3 is 2.95 bits per heavy atom. The number of halogens is 1. The van der Waals surface area contributed by atoms with E-state index < -0.39 is 0 Å². The number of nitrogens with zero attached hydrogens (tertiary/aromatic N) is 2. The van der Waals surface area contributed by atoms with Gasteiger partial charge in [0.1, 0.15) is 18.2 Å². The van der Waals surface area contributed by atoms with Crippen molar-refractivity contribution in [2.75, 3.05) is 0 Å². The molecule has 2 aromatic rings. The zero-order chi connectivity index (χ0) is 13.8. The maximum Gasteiger partial charge on any atom is 0.163 e. The standard InChI is InChI=1S/C14H15BrN2O2/c1-3-17-7-6-16-14(17)9-19-13-8-11(15)4-5-12(13)10(2)18/h4-8H,3,9H2,1-2H3. The van der Waals surface area contributed by atoms with Gasteiger partial charge in [0, 0.05) is 23.4 Å². The quantitative estimate of drug-likeness (QED) is 0.792. The minimum absolute atomic E-state index is 0.0127. The van der Waals surface area contributed by atoms with Crippen molar-refractivity contribution in [3.05, 3.63) is 46.5 Å². The Bertz CT molecular complexity index is 593. The van der Waals surface area contributed by atoms with Crippen LogP contribution in [0.25, 0.3) is 0 Å². The molecular weight excluding hydrogens is 308 g/mol. The van der Waals surface area contributed by atoms with Crippen molar-refractivity contribution < 1.29 is 9.53 Å². The van der Waals surface area contributed by atoms with Crippen molar-refractivity contribution in [3.8, 4) is 5.75 Å². The second kappa shape index (κ2) is 6.02. The first-order valence-corrected chi connectivity index (χ1v) is 6.84. The lowest BCUT2D eigenvalue weighted by molar-refractivity contribution is 0.101. The molecule has 1 aromatic carbocycles. The topological polar surface area (TPSA) is 44.1 Å². The SMILES string of the molecule is CCn1ccnc1COc1cc(Br)ccc1C(C)=O. The zero-order valence-electron chi connectivity index (χ0n) is 10.9. The molecule has 2 rings (SSSR count). The summed E-state index contributed by atoms with van der Waals surface area (Å²) in [7, 11) is 0. The lowest BCUT2D eigenvalue weighted by Crippen LogP contribution is -2.07. The largest absolute Gasteiger partial charge is 0.485 e. The minimum atomic E-state index is -0.0127. The van der Waals surface area contributed by atoms with Gasteiger partial charge in [-0.25, -0.2) is 4.98 Å². The molecule has 0 fully saturated rings. The summed E-state index contributed by atoms with van der Waals surface area (Å²) in [5.74, 6) is 1.41. The molecule has 4 nitrogen and oxygen atoms in total. The fourth-order valence-electron chi connectivity index (χ4n) is 1.82. The van der Waals surface area contributed by atoms with Crippen molar-refractivity contribution in [1.82, 2.24) is 9.55 Å². The third-order valence-electron chi connectivity index (χ3n) is 2.82. The number of ether oxygens (including phenoxy) is 1. The highest BCUT2D eigenvalue weighted by Gasteiger charge is 2.10. The highest BCUT2D eigenvalue weighted by Crippen LogP contribution is 2.25. The van der Waals surface area contributed by atoms with Gasteiger partial charge < -0.3 is 9.30 Å². The van der Waals surface area contributed by atoms with E-state index in [-0.39, 0.29) is 5.78 Å². The maximum atomic E-state index is 11.5. The molecule has 5 heteroatoms. The molecule has 0 aliphatic heterocycles. The van der Waals surface area contributed by atoms with Crippen molar-refractivity contribution in [2.24, 2.45) is 0 Å². The van der Waals surface area contributed by atoms with Crippen molar-refractivity contribution in [1.29, 1.82) is 0 Å². The van der Waals surface area contributed by atoms with Gasteiger partial charge in [0.05, 0.1) is 5.56 Å². The summed E-state index contributed by atoms with van der Waals surface area (Å²) in [6, 6.07) is 5.39. The number of hydrogen-bond acceptors (Lipinski definition) is 3. The molecule has 1 aromatic heterocycles. The monoisotopic (exact) mass is 322 g/mol. The molecule has 0 amide bonds. The van der Waals surface area contributed by atoms with Gasteiger partial charge in [-0.2, -0.15) is 0 Å². The Balaban J connectivity index is 2.19. The molecule has 0 spiro atoms. The van der Waals surface area contributed by atoms with Crippen LogP contribution in [0.5, 0.6) is 5.75 Å². The Hall–Kier alpha value is -1.62. The molecule has 0 radical (unpaired) electrons. The lowest BCUT2D eigenvalue weighted by atomic mass is 10.1. The number of hydrogen-bond donors (Lipinski definition) is 0. The summed E-state index contributed by atoms with van der Waals surface area (Å²) in [5.41, 5.74) is 0.581. The normalized spacial score (nSPS) is 10.5. The lowest BCUT2D eigenvalue weighted by Gasteiger charge is -2.11. The van der Waals surface area contributed by atoms with Gasteiger partial charge in [0.25, 0.3) is 0 Å². The van der Waals surface area contributed by atoms with Gasteiger partial charge >= 0.3 is 0 Å². The van der Waals surface area contributed by atoms with Crippen LogP contribution in [0.1, 0.15) is 30.0 Å². The number of rotatable bonds is 5. The Labute approximate surface area is 120 Å². The summed E-state index contributed by atoms with van der Waals surface area (Å²) in [6.07, 6.45) is 3.65. The van der Waals surface area contributed by atoms with Gasteiger partial charge in [-0.3, -0.25) is 4.79 Å². The molecule has 0 aliphatic carbocycles. The number of benzene rings is 1. The second-order valence-corrected chi connectivity index (χ2v) is 5.03. The van der Waals surface area contributed by atoms with E-state index in [1.807, 2.05) is 23.8 Å². The average molecular weight is 323 g/mol. The minimum Gasteiger partial charge on any atom is -0.485 e.